The molecule has 26 nitrogen and oxygen atoms in total. The fraction of sp³-hybridized carbons (Fsp3) is 0.585. The van der Waals surface area contributed by atoms with Crippen LogP contribution in [-0.2, 0) is 23.5 Å². The molecule has 4 amide bonds. The van der Waals surface area contributed by atoms with Crippen LogP contribution in [0, 0.1) is 54.2 Å². The van der Waals surface area contributed by atoms with Crippen LogP contribution in [0.4, 0.5) is 76.4 Å². The number of nitrogens with one attached hydrogen (secondary N) is 6. The highest BCUT2D eigenvalue weighted by molar-refractivity contribution is 14.1. The molecule has 2 aromatic carbocycles. The molecule has 6 aliphatic rings. The van der Waals surface area contributed by atoms with Crippen LogP contribution < -0.4 is 52.9 Å². The minimum atomic E-state index is -4.20. The van der Waals surface area contributed by atoms with E-state index >= 15 is 0 Å². The number of halogens is 10. The summed E-state index contributed by atoms with van der Waals surface area (Å²) in [5, 5.41) is 55.9. The van der Waals surface area contributed by atoms with Gasteiger partial charge in [-0.25, -0.2) is 24.5 Å². The molecule has 6 fully saturated rings. The van der Waals surface area contributed by atoms with E-state index < -0.39 is 79.0 Å². The zero-order valence-electron chi connectivity index (χ0n) is 71.2. The molecule has 10 atom stereocenters. The first kappa shape index (κ1) is 107. The number of carbonyl (C=O) groups is 2. The number of carbonyl (C=O) groups excluding carboxylic acids is 2. The Kier molecular flexibility index (Phi) is 46.3. The number of likely N-dealkylation sites (tertiary alicyclic amines) is 2. The second kappa shape index (κ2) is 51.9. The van der Waals surface area contributed by atoms with Crippen molar-refractivity contribution in [2.45, 2.75) is 196 Å². The van der Waals surface area contributed by atoms with E-state index in [2.05, 4.69) is 105 Å². The quantitative estimate of drug-likeness (QED) is 0.0165. The Morgan fingerprint density at radius 3 is 1.35 bits per heavy atom. The molecule has 0 spiro atoms. The summed E-state index contributed by atoms with van der Waals surface area (Å²) in [5.41, 5.74) is 10.5. The molecule has 672 valence electrons. The third-order valence-electron chi connectivity index (χ3n) is 20.7. The summed E-state index contributed by atoms with van der Waals surface area (Å²) >= 11 is 6.11. The van der Waals surface area contributed by atoms with E-state index in [4.69, 9.17) is 39.3 Å². The number of urea groups is 2. The van der Waals surface area contributed by atoms with Gasteiger partial charge in [0.25, 0.3) is 0 Å². The fourth-order valence-electron chi connectivity index (χ4n) is 12.0. The first-order valence-corrected chi connectivity index (χ1v) is 43.2. The van der Waals surface area contributed by atoms with Crippen molar-refractivity contribution in [2.75, 3.05) is 141 Å². The first-order valence-electron chi connectivity index (χ1n) is 40.0. The van der Waals surface area contributed by atoms with Crippen molar-refractivity contribution in [1.29, 1.82) is 0 Å². The third-order valence-corrected chi connectivity index (χ3v) is 22.6. The molecule has 4 aromatic heterocycles. The van der Waals surface area contributed by atoms with Crippen LogP contribution in [-0.4, -0.2) is 240 Å². The maximum absolute atomic E-state index is 12.9. The molecule has 0 unspecified atom stereocenters. The van der Waals surface area contributed by atoms with Crippen LogP contribution in [0.15, 0.2) is 84.9 Å². The standard InChI is InChI=1S/C27H39N5O3.C20H28BF3N2O3.C13H20IN3O2.C9H12FIN2O.C5H2F2IN.C4H9NO.C4H11NO.ClH.H2S/c1-5-21-8-9-32(17-21)27(34)29-23-7-6-18(2)24(16-23)22-14-25(28-19(3)20(4)33)30-26(15-22)31-10-12-35-13-11-31;1-13-6-7-15(10-16(13)21-28-18(2,3)19(4,5)29-21)25-17(27)26-9-8-14(12-26)11-20(22,23)24;1-9(10(2)18)15-12-7-11(14)8-13(16-12)17-3-5-19-6-4-17;1-5(6(2)14)12-9-4-7(11)3-8(10)13-9;6-4-1-3(8)2-5(7)9-4;1-3-6-4-2-5-1;1-3(5)4(2)6;;/h6-7,14-16,19-21,33H,5,8-13,17H2,1-4H3,(H,28,30)(H,29,34);6-7,10,14H,8-9,11-12H2,1-5H3,(H,25,27);7-10,18H,3-6H2,1-2H3,(H,15,16);3-6,14H,1-2H3,(H,12,13);1-2H;5H,1-4H2;3-4,6H,5H2,1-2H3;1H;1H2/t19-,20-,21-;14-;9-,10-;5-,6-;;;3-,4-;;/m1011..1../s1. The van der Waals surface area contributed by atoms with Crippen molar-refractivity contribution < 1.29 is 79.9 Å². The van der Waals surface area contributed by atoms with Gasteiger partial charge in [-0.2, -0.15) is 44.8 Å². The minimum Gasteiger partial charge on any atom is -0.399 e. The topological polar surface area (TPSA) is 324 Å². The van der Waals surface area contributed by atoms with E-state index in [0.717, 1.165) is 162 Å². The zero-order chi connectivity index (χ0) is 87.4. The Balaban J connectivity index is 0.000000319. The molecule has 6 aromatic rings. The summed E-state index contributed by atoms with van der Waals surface area (Å²) in [4.78, 5) is 49.2. The number of nitrogens with two attached hydrogens (primary N) is 1. The monoisotopic (exact) mass is 2070 g/mol. The molecule has 0 radical (unpaired) electrons. The summed E-state index contributed by atoms with van der Waals surface area (Å²) in [6, 6.07) is 24.2. The minimum absolute atomic E-state index is 0. The molecule has 38 heteroatoms. The second-order valence-electron chi connectivity index (χ2n) is 31.2. The molecule has 6 saturated heterocycles. The Morgan fingerprint density at radius 2 is 0.950 bits per heavy atom. The molecule has 0 aliphatic carbocycles. The number of pyridine rings is 4. The van der Waals surface area contributed by atoms with Crippen molar-refractivity contribution in [3.8, 4) is 11.1 Å². The number of aromatic nitrogens is 4. The summed E-state index contributed by atoms with van der Waals surface area (Å²) in [7, 11) is -0.556. The van der Waals surface area contributed by atoms with E-state index in [0.29, 0.717) is 53.0 Å². The molecule has 0 saturated carbocycles. The van der Waals surface area contributed by atoms with Gasteiger partial charge in [0.1, 0.15) is 29.1 Å². The van der Waals surface area contributed by atoms with Gasteiger partial charge in [-0.1, -0.05) is 31.0 Å². The van der Waals surface area contributed by atoms with Gasteiger partial charge in [-0.05, 0) is 266 Å². The van der Waals surface area contributed by atoms with Crippen LogP contribution in [0.2, 0.25) is 0 Å². The summed E-state index contributed by atoms with van der Waals surface area (Å²) in [5.74, 6) is 1.80. The Morgan fingerprint density at radius 1 is 0.558 bits per heavy atom. The molecular formula is C82H124BClF6I3N15O11S. The number of anilines is 7. The second-order valence-corrected chi connectivity index (χ2v) is 34.9. The van der Waals surface area contributed by atoms with Gasteiger partial charge < -0.3 is 101 Å². The lowest BCUT2D eigenvalue weighted by Gasteiger charge is -2.32. The maximum atomic E-state index is 12.9. The number of rotatable bonds is 18. The van der Waals surface area contributed by atoms with Crippen LogP contribution in [0.3, 0.4) is 0 Å². The number of hydrogen-bond donors (Lipinski definition) is 11. The maximum Gasteiger partial charge on any atom is 0.495 e. The molecule has 0 bridgehead atoms. The average molecular weight is 2070 g/mol. The molecule has 6 aliphatic heterocycles. The lowest BCUT2D eigenvalue weighted by Crippen LogP contribution is -2.41. The summed E-state index contributed by atoms with van der Waals surface area (Å²) in [6.07, 6.45) is -4.31. The van der Waals surface area contributed by atoms with E-state index in [9.17, 15) is 51.3 Å². The molecular weight excluding hydrogens is 1940 g/mol. The number of alkyl halides is 3. The lowest BCUT2D eigenvalue weighted by molar-refractivity contribution is -0.143. The van der Waals surface area contributed by atoms with E-state index in [-0.39, 0.29) is 68.7 Å². The van der Waals surface area contributed by atoms with Crippen molar-refractivity contribution >= 4 is 159 Å². The number of ether oxygens (including phenoxy) is 3. The molecule has 120 heavy (non-hydrogen) atoms. The van der Waals surface area contributed by atoms with Crippen LogP contribution >= 0.6 is 93.7 Å². The first-order chi connectivity index (χ1) is 55.5. The zero-order valence-corrected chi connectivity index (χ0v) is 79.5. The molecule has 10 heterocycles. The SMILES string of the molecule is C1COCCN1.CC[C@@H]1CCN(C(=O)Nc2ccc(C)c(-c3cc(N[C@H](C)[C@@H](C)O)nc(N4CCOCC4)c3)c2)C1.C[C@@H](N)[C@@H](C)O.C[C@@H](O)[C@@H](C)Nc1cc(I)cc(F)n1.C[C@@H](O)[C@@H](C)Nc1cc(I)cc(N2CCOCC2)n1.Cc1ccc(NC(=O)N2CC[C@@H](CC(F)(F)F)C2)cc1B1OC(C)(C)C(C)(C)O1.Cl.Fc1cc(I)cc(F)n1.S. The van der Waals surface area contributed by atoms with E-state index in [1.165, 1.54) is 11.0 Å². The summed E-state index contributed by atoms with van der Waals surface area (Å²) in [6.45, 7) is 40.5. The number of aliphatic hydroxyl groups excluding tert-OH is 4. The number of amides is 4. The Labute approximate surface area is 758 Å². The number of aryl methyl sites for hydroxylation is 2. The number of benzene rings is 2. The predicted molar refractivity (Wildman–Crippen MR) is 497 cm³/mol. The smallest absolute Gasteiger partial charge is 0.399 e. The molecule has 12 N–H and O–H groups in total. The Hall–Kier alpha value is -5.39. The van der Waals surface area contributed by atoms with E-state index in [1.807, 2.05) is 142 Å². The number of aliphatic hydroxyl groups is 4. The number of nitrogens with zero attached hydrogens (tertiary/aromatic N) is 8. The fourth-order valence-corrected chi connectivity index (χ4v) is 13.6. The molecule has 12 rings (SSSR count). The number of hydrogen-bond acceptors (Lipinski definition) is 22. The third kappa shape index (κ3) is 37.0. The highest BCUT2D eigenvalue weighted by Crippen LogP contribution is 2.38. The summed E-state index contributed by atoms with van der Waals surface area (Å²) < 4.78 is 105. The van der Waals surface area contributed by atoms with Crippen molar-refractivity contribution in [3.63, 3.8) is 0 Å². The highest BCUT2D eigenvalue weighted by Gasteiger charge is 2.52. The number of morpholine rings is 3. The Bertz CT molecular complexity index is 4000. The van der Waals surface area contributed by atoms with Crippen LogP contribution in [0.25, 0.3) is 11.1 Å². The van der Waals surface area contributed by atoms with Gasteiger partial charge in [0.05, 0.1) is 93.4 Å². The predicted octanol–water partition coefficient (Wildman–Crippen LogP) is 14.0. The lowest BCUT2D eigenvalue weighted by atomic mass is 9.76. The van der Waals surface area contributed by atoms with Crippen LogP contribution in [0.5, 0.6) is 0 Å². The van der Waals surface area contributed by atoms with Gasteiger partial charge in [-0.15, -0.1) is 12.4 Å². The van der Waals surface area contributed by atoms with Gasteiger partial charge >= 0.3 is 25.4 Å². The van der Waals surface area contributed by atoms with Gasteiger partial charge in [0, 0.05) is 118 Å². The van der Waals surface area contributed by atoms with Crippen LogP contribution in [0.1, 0.15) is 127 Å². The van der Waals surface area contributed by atoms with Crippen molar-refractivity contribution in [2.24, 2.45) is 17.6 Å². The van der Waals surface area contributed by atoms with Gasteiger partial charge in [0.2, 0.25) is 17.8 Å². The largest absolute Gasteiger partial charge is 0.495 e. The van der Waals surface area contributed by atoms with E-state index in [1.54, 1.807) is 52.8 Å². The van der Waals surface area contributed by atoms with Crippen molar-refractivity contribution in [3.05, 3.63) is 125 Å². The van der Waals surface area contributed by atoms with Gasteiger partial charge in [0.15, 0.2) is 0 Å². The average Bonchev–Trinajstić information content (AvgIpc) is 1.62. The van der Waals surface area contributed by atoms with Crippen molar-refractivity contribution in [1.82, 2.24) is 35.1 Å². The highest BCUT2D eigenvalue weighted by atomic mass is 127. The normalized spacial score (nSPS) is 19.2. The van der Waals surface area contributed by atoms with Gasteiger partial charge in [-0.3, -0.25) is 0 Å².